The van der Waals surface area contributed by atoms with E-state index < -0.39 is 8.56 Å². The zero-order valence-electron chi connectivity index (χ0n) is 9.37. The van der Waals surface area contributed by atoms with Crippen LogP contribution < -0.4 is 0 Å². The van der Waals surface area contributed by atoms with Crippen molar-refractivity contribution in [2.45, 2.75) is 32.0 Å². The van der Waals surface area contributed by atoms with Gasteiger partial charge in [-0.2, -0.15) is 0 Å². The molecular weight excluding hydrogens is 198 g/mol. The Morgan fingerprint density at radius 2 is 2.00 bits per heavy atom. The Kier molecular flexibility index (Phi) is 3.69. The number of rotatable bonds is 4. The standard InChI is InChI=1S/C9H19NO3Si/c1-8(14(4,12-2)13-3)10-7-5-6-9(10)11/h8H,5-7H2,1-4H3. The molecule has 82 valence electrons. The fourth-order valence-electron chi connectivity index (χ4n) is 1.79. The summed E-state index contributed by atoms with van der Waals surface area (Å²) in [5.41, 5.74) is 0.0903. The lowest BCUT2D eigenvalue weighted by Gasteiger charge is -2.35. The van der Waals surface area contributed by atoms with Gasteiger partial charge in [0.1, 0.15) is 0 Å². The molecule has 0 bridgehead atoms. The normalized spacial score (nSPS) is 20.3. The molecule has 14 heavy (non-hydrogen) atoms. The second-order valence-electron chi connectivity index (χ2n) is 3.79. The molecule has 1 rings (SSSR count). The minimum atomic E-state index is -2.20. The van der Waals surface area contributed by atoms with Crippen LogP contribution in [-0.4, -0.2) is 45.8 Å². The Morgan fingerprint density at radius 3 is 2.36 bits per heavy atom. The minimum absolute atomic E-state index is 0.0903. The lowest BCUT2D eigenvalue weighted by atomic mass is 10.4. The van der Waals surface area contributed by atoms with Crippen LogP contribution in [0.25, 0.3) is 0 Å². The van der Waals surface area contributed by atoms with Crippen molar-refractivity contribution in [1.29, 1.82) is 0 Å². The molecule has 5 heteroatoms. The summed E-state index contributed by atoms with van der Waals surface area (Å²) >= 11 is 0. The number of amides is 1. The van der Waals surface area contributed by atoms with Crippen molar-refractivity contribution in [3.8, 4) is 0 Å². The van der Waals surface area contributed by atoms with Gasteiger partial charge < -0.3 is 13.8 Å². The van der Waals surface area contributed by atoms with Gasteiger partial charge in [0, 0.05) is 27.2 Å². The van der Waals surface area contributed by atoms with Crippen molar-refractivity contribution in [2.75, 3.05) is 20.8 Å². The van der Waals surface area contributed by atoms with Crippen LogP contribution in [-0.2, 0) is 13.6 Å². The van der Waals surface area contributed by atoms with Crippen LogP contribution in [0, 0.1) is 0 Å². The number of hydrogen-bond donors (Lipinski definition) is 0. The number of likely N-dealkylation sites (tertiary alicyclic amines) is 1. The third-order valence-electron chi connectivity index (χ3n) is 3.15. The van der Waals surface area contributed by atoms with Crippen LogP contribution in [0.15, 0.2) is 0 Å². The molecule has 1 unspecified atom stereocenters. The van der Waals surface area contributed by atoms with Gasteiger partial charge >= 0.3 is 8.56 Å². The van der Waals surface area contributed by atoms with Gasteiger partial charge in [-0.05, 0) is 19.9 Å². The van der Waals surface area contributed by atoms with Crippen molar-refractivity contribution < 1.29 is 13.6 Å². The number of hydrogen-bond acceptors (Lipinski definition) is 3. The van der Waals surface area contributed by atoms with Crippen molar-refractivity contribution in [2.24, 2.45) is 0 Å². The Morgan fingerprint density at radius 1 is 1.43 bits per heavy atom. The zero-order valence-corrected chi connectivity index (χ0v) is 10.4. The van der Waals surface area contributed by atoms with Crippen molar-refractivity contribution >= 4 is 14.5 Å². The van der Waals surface area contributed by atoms with Gasteiger partial charge in [0.15, 0.2) is 0 Å². The third-order valence-corrected chi connectivity index (χ3v) is 6.60. The molecule has 1 aliphatic rings. The first kappa shape index (κ1) is 11.7. The minimum Gasteiger partial charge on any atom is -0.397 e. The van der Waals surface area contributed by atoms with E-state index in [0.717, 1.165) is 13.0 Å². The summed E-state index contributed by atoms with van der Waals surface area (Å²) in [5.74, 6) is 0.227. The van der Waals surface area contributed by atoms with Crippen LogP contribution in [0.2, 0.25) is 6.55 Å². The number of carbonyl (C=O) groups is 1. The Bertz CT molecular complexity index is 218. The second-order valence-corrected chi connectivity index (χ2v) is 7.47. The molecule has 1 fully saturated rings. The van der Waals surface area contributed by atoms with Gasteiger partial charge in [-0.15, -0.1) is 0 Å². The number of carbonyl (C=O) groups excluding carboxylic acids is 1. The SMILES string of the molecule is CO[Si](C)(OC)C(C)N1CCCC1=O. The largest absolute Gasteiger partial charge is 0.397 e. The number of nitrogens with zero attached hydrogens (tertiary/aromatic N) is 1. The maximum absolute atomic E-state index is 11.5. The molecule has 0 aromatic heterocycles. The Hall–Kier alpha value is -0.393. The lowest BCUT2D eigenvalue weighted by Crippen LogP contribution is -2.56. The first-order valence-corrected chi connectivity index (χ1v) is 7.34. The van der Waals surface area contributed by atoms with Crippen LogP contribution in [0.1, 0.15) is 19.8 Å². The summed E-state index contributed by atoms with van der Waals surface area (Å²) in [4.78, 5) is 13.4. The second kappa shape index (κ2) is 4.42. The molecule has 1 amide bonds. The topological polar surface area (TPSA) is 38.8 Å². The van der Waals surface area contributed by atoms with Gasteiger partial charge in [0.2, 0.25) is 5.91 Å². The maximum Gasteiger partial charge on any atom is 0.357 e. The van der Waals surface area contributed by atoms with E-state index >= 15 is 0 Å². The van der Waals surface area contributed by atoms with E-state index in [2.05, 4.69) is 0 Å². The molecule has 0 aliphatic carbocycles. The van der Waals surface area contributed by atoms with Crippen molar-refractivity contribution in [1.82, 2.24) is 4.90 Å². The molecule has 0 radical (unpaired) electrons. The molecule has 0 N–H and O–H groups in total. The molecule has 0 saturated carbocycles. The fourth-order valence-corrected chi connectivity index (χ4v) is 3.47. The molecule has 1 heterocycles. The summed E-state index contributed by atoms with van der Waals surface area (Å²) in [5, 5.41) is 0. The van der Waals surface area contributed by atoms with Crippen LogP contribution in [0.4, 0.5) is 0 Å². The molecular formula is C9H19NO3Si. The van der Waals surface area contributed by atoms with E-state index in [9.17, 15) is 4.79 Å². The van der Waals surface area contributed by atoms with Gasteiger partial charge in [-0.3, -0.25) is 4.79 Å². The van der Waals surface area contributed by atoms with E-state index in [1.165, 1.54) is 0 Å². The Balaban J connectivity index is 2.71. The highest BCUT2D eigenvalue weighted by atomic mass is 28.4. The average molecular weight is 217 g/mol. The Labute approximate surface area is 86.4 Å². The predicted molar refractivity (Wildman–Crippen MR) is 56.0 cm³/mol. The van der Waals surface area contributed by atoms with Crippen molar-refractivity contribution in [3.05, 3.63) is 0 Å². The summed E-state index contributed by atoms with van der Waals surface area (Å²) in [7, 11) is 1.12. The van der Waals surface area contributed by atoms with Gasteiger partial charge in [0.05, 0.1) is 5.67 Å². The van der Waals surface area contributed by atoms with Gasteiger partial charge in [-0.1, -0.05) is 0 Å². The molecule has 0 spiro atoms. The predicted octanol–water partition coefficient (Wildman–Crippen LogP) is 0.901. The van der Waals surface area contributed by atoms with E-state index in [4.69, 9.17) is 8.85 Å². The molecule has 0 aromatic carbocycles. The van der Waals surface area contributed by atoms with Crippen LogP contribution >= 0.6 is 0 Å². The first-order chi connectivity index (χ1) is 6.55. The monoisotopic (exact) mass is 217 g/mol. The highest BCUT2D eigenvalue weighted by Gasteiger charge is 2.43. The zero-order chi connectivity index (χ0) is 10.8. The van der Waals surface area contributed by atoms with Crippen molar-refractivity contribution in [3.63, 3.8) is 0 Å². The summed E-state index contributed by atoms with van der Waals surface area (Å²) < 4.78 is 10.9. The van der Waals surface area contributed by atoms with Gasteiger partial charge in [-0.25, -0.2) is 0 Å². The van der Waals surface area contributed by atoms with Gasteiger partial charge in [0.25, 0.3) is 0 Å². The highest BCUT2D eigenvalue weighted by molar-refractivity contribution is 6.67. The molecule has 1 aliphatic heterocycles. The van der Waals surface area contributed by atoms with E-state index in [1.54, 1.807) is 14.2 Å². The van der Waals surface area contributed by atoms with Crippen LogP contribution in [0.5, 0.6) is 0 Å². The fraction of sp³-hybridized carbons (Fsp3) is 0.889. The smallest absolute Gasteiger partial charge is 0.357 e. The van der Waals surface area contributed by atoms with E-state index in [-0.39, 0.29) is 11.6 Å². The summed E-state index contributed by atoms with van der Waals surface area (Å²) in [6.45, 7) is 4.85. The van der Waals surface area contributed by atoms with Crippen LogP contribution in [0.3, 0.4) is 0 Å². The maximum atomic E-state index is 11.5. The molecule has 1 saturated heterocycles. The third kappa shape index (κ3) is 1.99. The first-order valence-electron chi connectivity index (χ1n) is 4.95. The highest BCUT2D eigenvalue weighted by Crippen LogP contribution is 2.21. The van der Waals surface area contributed by atoms with E-state index in [0.29, 0.717) is 6.42 Å². The quantitative estimate of drug-likeness (QED) is 0.657. The molecule has 1 atom stereocenters. The molecule has 4 nitrogen and oxygen atoms in total. The van der Waals surface area contributed by atoms with E-state index in [1.807, 2.05) is 18.4 Å². The average Bonchev–Trinajstić information content (AvgIpc) is 2.62. The summed E-state index contributed by atoms with van der Waals surface area (Å²) in [6.07, 6.45) is 1.63. The molecule has 0 aromatic rings. The lowest BCUT2D eigenvalue weighted by molar-refractivity contribution is -0.128. The summed E-state index contributed by atoms with van der Waals surface area (Å²) in [6, 6.07) is 0.